The summed E-state index contributed by atoms with van der Waals surface area (Å²) in [5.41, 5.74) is 8.74. The Balaban J connectivity index is 1.88. The highest BCUT2D eigenvalue weighted by molar-refractivity contribution is 6.26. The van der Waals surface area contributed by atoms with Gasteiger partial charge >= 0.3 is 0 Å². The van der Waals surface area contributed by atoms with Crippen LogP contribution in [0.3, 0.4) is 0 Å². The van der Waals surface area contributed by atoms with Crippen molar-refractivity contribution in [1.82, 2.24) is 5.43 Å². The quantitative estimate of drug-likeness (QED) is 0.506. The first-order valence-electron chi connectivity index (χ1n) is 6.25. The number of nitrogens with one attached hydrogen (secondary N) is 1. The Morgan fingerprint density at radius 3 is 2.55 bits per heavy atom. The van der Waals surface area contributed by atoms with E-state index in [1.165, 1.54) is 18.2 Å². The van der Waals surface area contributed by atoms with Crippen molar-refractivity contribution < 1.29 is 14.1 Å². The van der Waals surface area contributed by atoms with Gasteiger partial charge in [-0.3, -0.25) is 14.9 Å². The van der Waals surface area contributed by atoms with Crippen LogP contribution in [0.2, 0.25) is 0 Å². The number of hydrazone groups is 1. The molecular formula is C14H10N4O4. The molecule has 22 heavy (non-hydrogen) atoms. The van der Waals surface area contributed by atoms with Crippen LogP contribution in [0, 0.1) is 10.1 Å². The van der Waals surface area contributed by atoms with Gasteiger partial charge in [0.2, 0.25) is 0 Å². The largest absolute Gasteiger partial charge is 0.457 e. The van der Waals surface area contributed by atoms with Crippen molar-refractivity contribution in [3.05, 3.63) is 57.8 Å². The minimum absolute atomic E-state index is 0.00394. The first kappa shape index (κ1) is 13.6. The number of carbonyl (C=O) groups excluding carboxylic acids is 1. The number of amides is 1. The highest BCUT2D eigenvalue weighted by Gasteiger charge is 2.20. The standard InChI is InChI=1S/C14H10N4O4/c15-13-11(14(19)17-16-13)7-10-5-6-12(22-10)8-1-3-9(4-2-8)18(20)21/h1-7H,(H2,15,16)(H,17,19). The van der Waals surface area contributed by atoms with Crippen molar-refractivity contribution in [3.63, 3.8) is 0 Å². The van der Waals surface area contributed by atoms with Crippen molar-refractivity contribution in [2.24, 2.45) is 10.8 Å². The van der Waals surface area contributed by atoms with Crippen LogP contribution in [0.15, 0.2) is 51.5 Å². The molecule has 8 heteroatoms. The normalized spacial score (nSPS) is 15.7. The summed E-state index contributed by atoms with van der Waals surface area (Å²) < 4.78 is 5.59. The second kappa shape index (κ2) is 5.17. The second-order valence-corrected chi connectivity index (χ2v) is 4.50. The van der Waals surface area contributed by atoms with Gasteiger partial charge in [-0.15, -0.1) is 0 Å². The lowest BCUT2D eigenvalue weighted by Gasteiger charge is -1.97. The lowest BCUT2D eigenvalue weighted by molar-refractivity contribution is -0.384. The monoisotopic (exact) mass is 298 g/mol. The predicted molar refractivity (Wildman–Crippen MR) is 78.5 cm³/mol. The smallest absolute Gasteiger partial charge is 0.275 e. The number of nitro groups is 1. The van der Waals surface area contributed by atoms with Gasteiger partial charge in [-0.05, 0) is 30.3 Å². The van der Waals surface area contributed by atoms with Gasteiger partial charge in [-0.25, -0.2) is 5.43 Å². The fourth-order valence-corrected chi connectivity index (χ4v) is 1.96. The van der Waals surface area contributed by atoms with E-state index in [0.717, 1.165) is 0 Å². The van der Waals surface area contributed by atoms with Crippen LogP contribution >= 0.6 is 0 Å². The SMILES string of the molecule is NC1=NNC(=O)C1=Cc1ccc(-c2ccc([N+](=O)[O-])cc2)o1. The van der Waals surface area contributed by atoms with Crippen LogP contribution in [0.5, 0.6) is 0 Å². The van der Waals surface area contributed by atoms with Crippen LogP contribution in [-0.2, 0) is 4.79 Å². The Bertz CT molecular complexity index is 818. The number of carbonyl (C=O) groups is 1. The highest BCUT2D eigenvalue weighted by atomic mass is 16.6. The molecule has 0 bridgehead atoms. The molecule has 110 valence electrons. The molecule has 1 aromatic heterocycles. The lowest BCUT2D eigenvalue weighted by atomic mass is 10.1. The third kappa shape index (κ3) is 2.44. The predicted octanol–water partition coefficient (Wildman–Crippen LogP) is 1.64. The van der Waals surface area contributed by atoms with E-state index >= 15 is 0 Å². The molecule has 2 aromatic rings. The number of hydrogen-bond donors (Lipinski definition) is 2. The van der Waals surface area contributed by atoms with Crippen molar-refractivity contribution in [2.45, 2.75) is 0 Å². The fourth-order valence-electron chi connectivity index (χ4n) is 1.96. The minimum atomic E-state index is -0.470. The van der Waals surface area contributed by atoms with Crippen LogP contribution < -0.4 is 11.2 Å². The van der Waals surface area contributed by atoms with Crippen molar-refractivity contribution in [2.75, 3.05) is 0 Å². The van der Waals surface area contributed by atoms with E-state index in [9.17, 15) is 14.9 Å². The summed E-state index contributed by atoms with van der Waals surface area (Å²) in [7, 11) is 0. The number of nitrogens with two attached hydrogens (primary N) is 1. The van der Waals surface area contributed by atoms with E-state index in [4.69, 9.17) is 10.2 Å². The highest BCUT2D eigenvalue weighted by Crippen LogP contribution is 2.25. The van der Waals surface area contributed by atoms with Crippen molar-refractivity contribution in [3.8, 4) is 11.3 Å². The van der Waals surface area contributed by atoms with Gasteiger partial charge in [0.05, 0.1) is 10.5 Å². The molecule has 1 aliphatic rings. The summed E-state index contributed by atoms with van der Waals surface area (Å²) in [4.78, 5) is 21.6. The minimum Gasteiger partial charge on any atom is -0.457 e. The number of amidine groups is 1. The molecule has 0 aliphatic carbocycles. The van der Waals surface area contributed by atoms with E-state index in [-0.39, 0.29) is 17.1 Å². The first-order valence-corrected chi connectivity index (χ1v) is 6.25. The average Bonchev–Trinajstić information content (AvgIpc) is 3.10. The van der Waals surface area contributed by atoms with Gasteiger partial charge in [0.15, 0.2) is 5.84 Å². The van der Waals surface area contributed by atoms with Gasteiger partial charge in [0.25, 0.3) is 11.6 Å². The molecule has 8 nitrogen and oxygen atoms in total. The number of nitrogens with zero attached hydrogens (tertiary/aromatic N) is 2. The molecule has 0 fully saturated rings. The molecule has 0 spiro atoms. The molecular weight excluding hydrogens is 288 g/mol. The van der Waals surface area contributed by atoms with Gasteiger partial charge in [0.1, 0.15) is 11.5 Å². The molecule has 0 unspecified atom stereocenters. The van der Waals surface area contributed by atoms with Gasteiger partial charge < -0.3 is 10.2 Å². The maximum absolute atomic E-state index is 11.5. The maximum Gasteiger partial charge on any atom is 0.275 e. The summed E-state index contributed by atoms with van der Waals surface area (Å²) in [5, 5.41) is 14.2. The Kier molecular flexibility index (Phi) is 3.18. The molecule has 1 aliphatic heterocycles. The fraction of sp³-hybridized carbons (Fsp3) is 0. The van der Waals surface area contributed by atoms with Crippen molar-refractivity contribution in [1.29, 1.82) is 0 Å². The van der Waals surface area contributed by atoms with Gasteiger partial charge in [-0.1, -0.05) is 0 Å². The number of nitro benzene ring substituents is 1. The zero-order valence-electron chi connectivity index (χ0n) is 11.1. The third-order valence-corrected chi connectivity index (χ3v) is 3.07. The van der Waals surface area contributed by atoms with E-state index in [2.05, 4.69) is 10.5 Å². The first-order chi connectivity index (χ1) is 10.5. The molecule has 2 heterocycles. The molecule has 0 atom stereocenters. The summed E-state index contributed by atoms with van der Waals surface area (Å²) in [6.45, 7) is 0. The molecule has 1 aromatic carbocycles. The lowest BCUT2D eigenvalue weighted by Crippen LogP contribution is -2.16. The number of rotatable bonds is 3. The number of hydrogen-bond acceptors (Lipinski definition) is 6. The summed E-state index contributed by atoms with van der Waals surface area (Å²) >= 11 is 0. The molecule has 0 radical (unpaired) electrons. The van der Waals surface area contributed by atoms with Crippen LogP contribution in [0.4, 0.5) is 5.69 Å². The maximum atomic E-state index is 11.5. The second-order valence-electron chi connectivity index (χ2n) is 4.50. The van der Waals surface area contributed by atoms with Gasteiger partial charge in [-0.2, -0.15) is 5.10 Å². The van der Waals surface area contributed by atoms with Crippen LogP contribution in [0.25, 0.3) is 17.4 Å². The number of benzene rings is 1. The molecule has 3 N–H and O–H groups in total. The number of non-ortho nitro benzene ring substituents is 1. The molecule has 3 rings (SSSR count). The molecule has 1 amide bonds. The summed E-state index contributed by atoms with van der Waals surface area (Å²) in [6.07, 6.45) is 1.48. The Morgan fingerprint density at radius 1 is 1.23 bits per heavy atom. The van der Waals surface area contributed by atoms with E-state index in [1.54, 1.807) is 24.3 Å². The Morgan fingerprint density at radius 2 is 1.95 bits per heavy atom. The summed E-state index contributed by atoms with van der Waals surface area (Å²) in [5.74, 6) is 0.651. The van der Waals surface area contributed by atoms with E-state index in [0.29, 0.717) is 17.1 Å². The Labute approximate surface area is 124 Å². The van der Waals surface area contributed by atoms with E-state index in [1.807, 2.05) is 0 Å². The van der Waals surface area contributed by atoms with Gasteiger partial charge in [0, 0.05) is 17.7 Å². The molecule has 0 saturated carbocycles. The topological polar surface area (TPSA) is 124 Å². The van der Waals surface area contributed by atoms with Crippen LogP contribution in [-0.4, -0.2) is 16.7 Å². The zero-order valence-corrected chi connectivity index (χ0v) is 11.1. The van der Waals surface area contributed by atoms with E-state index < -0.39 is 10.8 Å². The Hall–Kier alpha value is -3.42. The van der Waals surface area contributed by atoms with Crippen molar-refractivity contribution >= 4 is 23.5 Å². The third-order valence-electron chi connectivity index (χ3n) is 3.07. The van der Waals surface area contributed by atoms with Crippen LogP contribution in [0.1, 0.15) is 5.76 Å². The average molecular weight is 298 g/mol. The summed E-state index contributed by atoms with van der Waals surface area (Å²) in [6, 6.07) is 9.34. The molecule has 0 saturated heterocycles. The number of furan rings is 1. The zero-order chi connectivity index (χ0) is 15.7.